The van der Waals surface area contributed by atoms with Crippen LogP contribution in [-0.2, 0) is 6.42 Å². The molecule has 5 nitrogen and oxygen atoms in total. The summed E-state index contributed by atoms with van der Waals surface area (Å²) in [6.07, 6.45) is 7.65. The molecule has 1 aliphatic carbocycles. The number of hydrogen-bond acceptors (Lipinski definition) is 5. The fourth-order valence-corrected chi connectivity index (χ4v) is 4.97. The van der Waals surface area contributed by atoms with Crippen molar-refractivity contribution in [2.45, 2.75) is 44.9 Å². The number of piperidine rings is 1. The predicted molar refractivity (Wildman–Crippen MR) is 115 cm³/mol. The van der Waals surface area contributed by atoms with Crippen molar-refractivity contribution in [3.8, 4) is 0 Å². The van der Waals surface area contributed by atoms with Gasteiger partial charge >= 0.3 is 0 Å². The van der Waals surface area contributed by atoms with Gasteiger partial charge in [-0.15, -0.1) is 0 Å². The van der Waals surface area contributed by atoms with Crippen molar-refractivity contribution in [1.29, 1.82) is 0 Å². The third kappa shape index (κ3) is 3.60. The van der Waals surface area contributed by atoms with Gasteiger partial charge in [0.25, 0.3) is 0 Å². The average molecular weight is 389 g/mol. The van der Waals surface area contributed by atoms with Crippen LogP contribution in [0, 0.1) is 12.8 Å². The zero-order valence-corrected chi connectivity index (χ0v) is 17.1. The van der Waals surface area contributed by atoms with E-state index in [-0.39, 0.29) is 0 Å². The number of aryl methyl sites for hydroxylation is 2. The van der Waals surface area contributed by atoms with Crippen LogP contribution in [0.5, 0.6) is 0 Å². The maximum absolute atomic E-state index is 5.52. The minimum Gasteiger partial charge on any atom is -0.356 e. The molecule has 5 rings (SSSR count). The van der Waals surface area contributed by atoms with Crippen molar-refractivity contribution in [1.82, 2.24) is 20.0 Å². The van der Waals surface area contributed by atoms with Crippen LogP contribution in [0.4, 0.5) is 0 Å². The van der Waals surface area contributed by atoms with E-state index in [9.17, 15) is 0 Å². The van der Waals surface area contributed by atoms with E-state index in [2.05, 4.69) is 38.7 Å². The average Bonchev–Trinajstić information content (AvgIpc) is 3.18. The van der Waals surface area contributed by atoms with E-state index in [4.69, 9.17) is 4.52 Å². The molecule has 0 amide bonds. The van der Waals surface area contributed by atoms with Crippen molar-refractivity contribution in [3.63, 3.8) is 0 Å². The number of nitrogens with zero attached hydrogens (tertiary/aromatic N) is 4. The Morgan fingerprint density at radius 1 is 1.17 bits per heavy atom. The van der Waals surface area contributed by atoms with E-state index >= 15 is 0 Å². The summed E-state index contributed by atoms with van der Waals surface area (Å²) in [5.41, 5.74) is 5.64. The number of fused-ring (bicyclic) bond motifs is 2. The van der Waals surface area contributed by atoms with Gasteiger partial charge in [-0.3, -0.25) is 0 Å². The van der Waals surface area contributed by atoms with Crippen LogP contribution in [0.1, 0.15) is 54.4 Å². The maximum atomic E-state index is 5.52. The summed E-state index contributed by atoms with van der Waals surface area (Å²) in [7, 11) is 0. The van der Waals surface area contributed by atoms with E-state index < -0.39 is 0 Å². The Balaban J connectivity index is 1.17. The lowest BCUT2D eigenvalue weighted by molar-refractivity contribution is 0.200. The first-order valence-corrected chi connectivity index (χ1v) is 10.8. The Hall–Kier alpha value is -2.53. The van der Waals surface area contributed by atoms with Crippen molar-refractivity contribution in [3.05, 3.63) is 59.8 Å². The highest BCUT2D eigenvalue weighted by molar-refractivity contribution is 5.79. The van der Waals surface area contributed by atoms with Crippen LogP contribution in [0.25, 0.3) is 16.5 Å². The van der Waals surface area contributed by atoms with Gasteiger partial charge in [0.2, 0.25) is 0 Å². The molecule has 0 saturated carbocycles. The molecular formula is C24H28N4O. The SMILES string of the molecule is C=C1c2cnc(C)nc2CCC1CCN1CCC(c2noc3ccccc23)CC1. The molecule has 2 aliphatic rings. The molecule has 2 aromatic heterocycles. The number of aromatic nitrogens is 3. The molecule has 0 spiro atoms. The summed E-state index contributed by atoms with van der Waals surface area (Å²) in [5.74, 6) is 1.91. The van der Waals surface area contributed by atoms with Crippen LogP contribution in [0.2, 0.25) is 0 Å². The summed E-state index contributed by atoms with van der Waals surface area (Å²) in [6.45, 7) is 9.74. The van der Waals surface area contributed by atoms with Gasteiger partial charge < -0.3 is 9.42 Å². The number of likely N-dealkylation sites (tertiary alicyclic amines) is 1. The van der Waals surface area contributed by atoms with Crippen LogP contribution in [-0.4, -0.2) is 39.7 Å². The molecule has 0 radical (unpaired) electrons. The minimum absolute atomic E-state index is 0.506. The third-order valence-corrected chi connectivity index (χ3v) is 6.73. The second-order valence-electron chi connectivity index (χ2n) is 8.51. The summed E-state index contributed by atoms with van der Waals surface area (Å²) >= 11 is 0. The Morgan fingerprint density at radius 2 is 2.00 bits per heavy atom. The first-order chi connectivity index (χ1) is 14.2. The quantitative estimate of drug-likeness (QED) is 0.644. The highest BCUT2D eigenvalue weighted by Crippen LogP contribution is 2.36. The molecule has 3 heterocycles. The van der Waals surface area contributed by atoms with Crippen molar-refractivity contribution < 1.29 is 4.52 Å². The predicted octanol–water partition coefficient (Wildman–Crippen LogP) is 4.77. The normalized spacial score (nSPS) is 20.9. The molecule has 1 aromatic carbocycles. The monoisotopic (exact) mass is 388 g/mol. The molecule has 150 valence electrons. The van der Waals surface area contributed by atoms with E-state index in [0.717, 1.165) is 62.4 Å². The van der Waals surface area contributed by atoms with Crippen LogP contribution in [0.15, 0.2) is 41.6 Å². The summed E-state index contributed by atoms with van der Waals surface area (Å²) < 4.78 is 5.52. The van der Waals surface area contributed by atoms with Gasteiger partial charge in [-0.05, 0) is 82.3 Å². The van der Waals surface area contributed by atoms with E-state index in [1.54, 1.807) is 0 Å². The Morgan fingerprint density at radius 3 is 2.86 bits per heavy atom. The Bertz CT molecular complexity index is 1030. The van der Waals surface area contributed by atoms with E-state index in [1.807, 2.05) is 25.3 Å². The second-order valence-corrected chi connectivity index (χ2v) is 8.51. The topological polar surface area (TPSA) is 55.1 Å². The molecule has 3 aromatic rings. The van der Waals surface area contributed by atoms with E-state index in [1.165, 1.54) is 28.6 Å². The molecule has 1 saturated heterocycles. The van der Waals surface area contributed by atoms with Crippen LogP contribution in [0.3, 0.4) is 0 Å². The number of rotatable bonds is 4. The van der Waals surface area contributed by atoms with Gasteiger partial charge in [0.1, 0.15) is 5.82 Å². The van der Waals surface area contributed by atoms with Crippen LogP contribution < -0.4 is 0 Å². The molecule has 1 fully saturated rings. The standard InChI is InChI=1S/C24H28N4O/c1-16-18(7-8-22-21(16)15-25-17(2)26-22)9-12-28-13-10-19(11-14-28)24-20-5-3-4-6-23(20)29-27-24/h3-6,15,18-19H,1,7-14H2,2H3. The Labute approximate surface area is 171 Å². The van der Waals surface area contributed by atoms with Gasteiger partial charge in [-0.1, -0.05) is 23.9 Å². The van der Waals surface area contributed by atoms with Crippen LogP contribution >= 0.6 is 0 Å². The first kappa shape index (κ1) is 18.5. The van der Waals surface area contributed by atoms with Crippen molar-refractivity contribution >= 4 is 16.5 Å². The molecule has 0 bridgehead atoms. The molecule has 1 aliphatic heterocycles. The lowest BCUT2D eigenvalue weighted by Crippen LogP contribution is -2.35. The lowest BCUT2D eigenvalue weighted by atomic mass is 9.81. The largest absolute Gasteiger partial charge is 0.356 e. The number of para-hydroxylation sites is 1. The lowest BCUT2D eigenvalue weighted by Gasteiger charge is -2.33. The fraction of sp³-hybridized carbons (Fsp3) is 0.458. The fourth-order valence-electron chi connectivity index (χ4n) is 4.97. The minimum atomic E-state index is 0.506. The third-order valence-electron chi connectivity index (χ3n) is 6.73. The first-order valence-electron chi connectivity index (χ1n) is 10.8. The highest BCUT2D eigenvalue weighted by atomic mass is 16.5. The van der Waals surface area contributed by atoms with Gasteiger partial charge in [0.15, 0.2) is 5.58 Å². The number of benzene rings is 1. The zero-order chi connectivity index (χ0) is 19.8. The molecule has 5 heteroatoms. The molecule has 0 N–H and O–H groups in total. The van der Waals surface area contributed by atoms with Gasteiger partial charge in [-0.25, -0.2) is 9.97 Å². The Kier molecular flexibility index (Phi) is 4.92. The van der Waals surface area contributed by atoms with Gasteiger partial charge in [0, 0.05) is 23.1 Å². The van der Waals surface area contributed by atoms with E-state index in [0.29, 0.717) is 11.8 Å². The zero-order valence-electron chi connectivity index (χ0n) is 17.1. The van der Waals surface area contributed by atoms with Crippen molar-refractivity contribution in [2.75, 3.05) is 19.6 Å². The maximum Gasteiger partial charge on any atom is 0.167 e. The molecule has 1 unspecified atom stereocenters. The summed E-state index contributed by atoms with van der Waals surface area (Å²) in [6, 6.07) is 8.21. The summed E-state index contributed by atoms with van der Waals surface area (Å²) in [5, 5.41) is 5.57. The van der Waals surface area contributed by atoms with Gasteiger partial charge in [0.05, 0.1) is 11.4 Å². The number of allylic oxidation sites excluding steroid dienone is 1. The molecule has 29 heavy (non-hydrogen) atoms. The summed E-state index contributed by atoms with van der Waals surface area (Å²) in [4.78, 5) is 11.6. The smallest absolute Gasteiger partial charge is 0.167 e. The van der Waals surface area contributed by atoms with Crippen molar-refractivity contribution in [2.24, 2.45) is 5.92 Å². The van der Waals surface area contributed by atoms with Gasteiger partial charge in [-0.2, -0.15) is 0 Å². The number of hydrogen-bond donors (Lipinski definition) is 0. The second kappa shape index (κ2) is 7.71. The highest BCUT2D eigenvalue weighted by Gasteiger charge is 2.27. The molecular weight excluding hydrogens is 360 g/mol. The molecule has 1 atom stereocenters.